The summed E-state index contributed by atoms with van der Waals surface area (Å²) in [4.78, 5) is 14.8. The molecule has 0 radical (unpaired) electrons. The summed E-state index contributed by atoms with van der Waals surface area (Å²) in [5.74, 6) is -1.24. The average Bonchev–Trinajstić information content (AvgIpc) is 2.35. The normalized spacial score (nSPS) is 10.1. The lowest BCUT2D eigenvalue weighted by Gasteiger charge is -2.11. The van der Waals surface area contributed by atoms with Crippen LogP contribution in [0.3, 0.4) is 0 Å². The van der Waals surface area contributed by atoms with Gasteiger partial charge in [-0.25, -0.2) is 13.6 Å². The van der Waals surface area contributed by atoms with E-state index < -0.39 is 23.7 Å². The Morgan fingerprint density at radius 3 is 2.76 bits per heavy atom. The summed E-state index contributed by atoms with van der Waals surface area (Å²) in [6.07, 6.45) is -1.98. The fourth-order valence-corrected chi connectivity index (χ4v) is 1.57. The van der Waals surface area contributed by atoms with Gasteiger partial charge in [0, 0.05) is 17.6 Å². The summed E-state index contributed by atoms with van der Waals surface area (Å²) in [7, 11) is 1.05. The lowest BCUT2D eigenvalue weighted by Crippen LogP contribution is -2.13. The largest absolute Gasteiger partial charge is 0.465 e. The molecule has 0 saturated heterocycles. The Hall–Kier alpha value is -1.74. The molecule has 0 aliphatic rings. The first-order valence-electron chi connectivity index (χ1n) is 4.41. The quantitative estimate of drug-likeness (QED) is 0.618. The number of rotatable bonds is 3. The fourth-order valence-electron chi connectivity index (χ4n) is 1.30. The van der Waals surface area contributed by atoms with Crippen molar-refractivity contribution >= 4 is 17.6 Å². The topological polar surface area (TPSA) is 63.0 Å². The van der Waals surface area contributed by atoms with Crippen LogP contribution in [0.5, 0.6) is 0 Å². The van der Waals surface area contributed by atoms with E-state index >= 15 is 0 Å². The summed E-state index contributed by atoms with van der Waals surface area (Å²) in [5.41, 5.74) is -1.18. The van der Waals surface area contributed by atoms with E-state index in [1.807, 2.05) is 0 Å². The summed E-state index contributed by atoms with van der Waals surface area (Å²) >= 11 is 5.56. The summed E-state index contributed by atoms with van der Waals surface area (Å²) < 4.78 is 29.7. The second-order valence-corrected chi connectivity index (χ2v) is 3.22. The van der Waals surface area contributed by atoms with Crippen molar-refractivity contribution in [2.45, 2.75) is 12.3 Å². The molecule has 0 fully saturated rings. The molecule has 0 aliphatic heterocycles. The van der Waals surface area contributed by atoms with E-state index in [0.29, 0.717) is 0 Å². The zero-order valence-corrected chi connectivity index (χ0v) is 9.46. The molecule has 1 aromatic heterocycles. The molecule has 0 amide bonds. The number of aromatic nitrogens is 1. The summed E-state index contributed by atoms with van der Waals surface area (Å²) in [5, 5.41) is 8.77. The van der Waals surface area contributed by atoms with E-state index in [0.717, 1.165) is 13.3 Å². The Morgan fingerprint density at radius 1 is 1.71 bits per heavy atom. The number of alkyl halides is 3. The second kappa shape index (κ2) is 5.55. The van der Waals surface area contributed by atoms with E-state index in [-0.39, 0.29) is 17.0 Å². The first kappa shape index (κ1) is 13.3. The minimum atomic E-state index is -2.95. The Morgan fingerprint density at radius 2 is 2.35 bits per heavy atom. The van der Waals surface area contributed by atoms with E-state index in [1.165, 1.54) is 0 Å². The van der Waals surface area contributed by atoms with Gasteiger partial charge in [0.25, 0.3) is 6.43 Å². The number of nitriles is 1. The van der Waals surface area contributed by atoms with E-state index in [9.17, 15) is 13.6 Å². The van der Waals surface area contributed by atoms with Crippen molar-refractivity contribution in [2.24, 2.45) is 0 Å². The number of esters is 1. The molecule has 0 saturated carbocycles. The number of methoxy groups -OCH3 is 1. The lowest BCUT2D eigenvalue weighted by molar-refractivity contribution is 0.0586. The average molecular weight is 261 g/mol. The number of nitrogens with zero attached hydrogens (tertiary/aromatic N) is 2. The third-order valence-electron chi connectivity index (χ3n) is 2.07. The van der Waals surface area contributed by atoms with Gasteiger partial charge >= 0.3 is 5.97 Å². The number of ether oxygens (including phenoxy) is 1. The Labute approximate surface area is 101 Å². The Kier molecular flexibility index (Phi) is 4.35. The molecule has 7 heteroatoms. The van der Waals surface area contributed by atoms with Gasteiger partial charge in [-0.15, -0.1) is 11.6 Å². The molecule has 17 heavy (non-hydrogen) atoms. The molecule has 1 aromatic rings. The van der Waals surface area contributed by atoms with E-state index in [2.05, 4.69) is 9.72 Å². The van der Waals surface area contributed by atoms with Crippen molar-refractivity contribution in [3.63, 3.8) is 0 Å². The highest BCUT2D eigenvalue weighted by molar-refractivity contribution is 6.18. The monoisotopic (exact) mass is 260 g/mol. The molecule has 0 atom stereocenters. The van der Waals surface area contributed by atoms with E-state index in [4.69, 9.17) is 16.9 Å². The number of pyridine rings is 1. The second-order valence-electron chi connectivity index (χ2n) is 2.95. The van der Waals surface area contributed by atoms with Crippen LogP contribution >= 0.6 is 11.6 Å². The van der Waals surface area contributed by atoms with Gasteiger partial charge < -0.3 is 4.74 Å². The number of halogens is 3. The third kappa shape index (κ3) is 2.50. The van der Waals surface area contributed by atoms with Crippen molar-refractivity contribution in [1.82, 2.24) is 4.98 Å². The SMILES string of the molecule is COC(=O)c1c(C(F)F)ncc(C#N)c1CCl. The maximum atomic E-state index is 12.7. The Bertz CT molecular complexity index is 486. The first-order valence-corrected chi connectivity index (χ1v) is 4.94. The standard InChI is InChI=1S/C10H7ClF2N2O2/c1-17-10(16)7-6(2-11)5(3-14)4-15-8(7)9(12)13/h4,9H,2H2,1H3. The van der Waals surface area contributed by atoms with Crippen molar-refractivity contribution in [1.29, 1.82) is 5.26 Å². The predicted octanol–water partition coefficient (Wildman–Crippen LogP) is 2.42. The molecule has 1 heterocycles. The van der Waals surface area contributed by atoms with Gasteiger partial charge in [0.1, 0.15) is 11.8 Å². The number of carbonyl (C=O) groups is 1. The third-order valence-corrected chi connectivity index (χ3v) is 2.33. The summed E-state index contributed by atoms with van der Waals surface area (Å²) in [6, 6.07) is 1.73. The van der Waals surface area contributed by atoms with Crippen LogP contribution in [-0.2, 0) is 10.6 Å². The fraction of sp³-hybridized carbons (Fsp3) is 0.300. The summed E-state index contributed by atoms with van der Waals surface area (Å²) in [6.45, 7) is 0. The molecule has 4 nitrogen and oxygen atoms in total. The maximum Gasteiger partial charge on any atom is 0.340 e. The predicted molar refractivity (Wildman–Crippen MR) is 54.8 cm³/mol. The van der Waals surface area contributed by atoms with Gasteiger partial charge in [0.2, 0.25) is 0 Å². The van der Waals surface area contributed by atoms with Crippen molar-refractivity contribution in [2.75, 3.05) is 7.11 Å². The maximum absolute atomic E-state index is 12.7. The zero-order chi connectivity index (χ0) is 13.0. The molecule has 0 N–H and O–H groups in total. The molecule has 1 rings (SSSR count). The van der Waals surface area contributed by atoms with Crippen LogP contribution in [0, 0.1) is 11.3 Å². The van der Waals surface area contributed by atoms with Gasteiger partial charge in [0.15, 0.2) is 0 Å². The molecule has 90 valence electrons. The van der Waals surface area contributed by atoms with Gasteiger partial charge in [0.05, 0.1) is 18.2 Å². The van der Waals surface area contributed by atoms with Crippen molar-refractivity contribution in [3.8, 4) is 6.07 Å². The van der Waals surface area contributed by atoms with Crippen LogP contribution in [0.2, 0.25) is 0 Å². The van der Waals surface area contributed by atoms with Crippen LogP contribution in [0.25, 0.3) is 0 Å². The minimum Gasteiger partial charge on any atom is -0.465 e. The lowest BCUT2D eigenvalue weighted by atomic mass is 10.0. The smallest absolute Gasteiger partial charge is 0.340 e. The van der Waals surface area contributed by atoms with Crippen LogP contribution in [-0.4, -0.2) is 18.1 Å². The van der Waals surface area contributed by atoms with Gasteiger partial charge in [-0.05, 0) is 0 Å². The number of hydrogen-bond acceptors (Lipinski definition) is 4. The van der Waals surface area contributed by atoms with Crippen molar-refractivity contribution < 1.29 is 18.3 Å². The van der Waals surface area contributed by atoms with Crippen molar-refractivity contribution in [3.05, 3.63) is 28.6 Å². The highest BCUT2D eigenvalue weighted by atomic mass is 35.5. The van der Waals surface area contributed by atoms with Crippen LogP contribution in [0.4, 0.5) is 8.78 Å². The van der Waals surface area contributed by atoms with Crippen LogP contribution < -0.4 is 0 Å². The number of carbonyl (C=O) groups excluding carboxylic acids is 1. The van der Waals surface area contributed by atoms with Crippen LogP contribution in [0.1, 0.15) is 33.6 Å². The molecule has 0 aromatic carbocycles. The van der Waals surface area contributed by atoms with Crippen LogP contribution in [0.15, 0.2) is 6.20 Å². The zero-order valence-electron chi connectivity index (χ0n) is 8.71. The van der Waals surface area contributed by atoms with Gasteiger partial charge in [-0.1, -0.05) is 0 Å². The molecular weight excluding hydrogens is 254 g/mol. The molecule has 0 spiro atoms. The highest BCUT2D eigenvalue weighted by Gasteiger charge is 2.26. The molecule has 0 unspecified atom stereocenters. The Balaban J connectivity index is 3.57. The highest BCUT2D eigenvalue weighted by Crippen LogP contribution is 2.27. The molecule has 0 aliphatic carbocycles. The first-order chi connectivity index (χ1) is 8.06. The minimum absolute atomic E-state index is 0.00585. The molecular formula is C10H7ClF2N2O2. The molecule has 0 bridgehead atoms. The number of hydrogen-bond donors (Lipinski definition) is 0. The van der Waals surface area contributed by atoms with Gasteiger partial charge in [-0.2, -0.15) is 5.26 Å². The van der Waals surface area contributed by atoms with Gasteiger partial charge in [-0.3, -0.25) is 4.98 Å². The van der Waals surface area contributed by atoms with E-state index in [1.54, 1.807) is 6.07 Å².